The Hall–Kier alpha value is -3.73. The van der Waals surface area contributed by atoms with E-state index in [4.69, 9.17) is 9.73 Å². The average molecular weight is 497 g/mol. The van der Waals surface area contributed by atoms with Gasteiger partial charge in [-0.25, -0.2) is 4.79 Å². The van der Waals surface area contributed by atoms with Gasteiger partial charge in [0.25, 0.3) is 0 Å². The third-order valence-corrected chi connectivity index (χ3v) is 6.87. The standard InChI is InChI=1S/C32H36N2O3/c1-22(2)10-11-23(3)18-25-12-17-28-29(19-25)34(21-24-8-6-5-7-9-24)30(35)20-33-31(28)26-13-15-27(16-14-26)32(36)37-4/h5-9,12-17,19,22-23H,10-11,18,20-21H2,1-4H3. The van der Waals surface area contributed by atoms with Crippen LogP contribution in [0.1, 0.15) is 66.2 Å². The minimum absolute atomic E-state index is 0.0312. The molecule has 0 aliphatic carbocycles. The van der Waals surface area contributed by atoms with E-state index < -0.39 is 0 Å². The van der Waals surface area contributed by atoms with Crippen LogP contribution in [0.2, 0.25) is 0 Å². The van der Waals surface area contributed by atoms with E-state index in [0.29, 0.717) is 23.9 Å². The number of benzene rings is 3. The molecule has 3 aromatic carbocycles. The normalized spacial score (nSPS) is 14.1. The molecule has 0 bridgehead atoms. The fourth-order valence-corrected chi connectivity index (χ4v) is 4.77. The summed E-state index contributed by atoms with van der Waals surface area (Å²) in [7, 11) is 1.37. The SMILES string of the molecule is COC(=O)c1ccc(C2=NCC(=O)N(Cc3ccccc3)c3cc(CC(C)CCC(C)C)ccc32)cc1. The van der Waals surface area contributed by atoms with Crippen LogP contribution in [0.5, 0.6) is 0 Å². The number of nitrogens with zero attached hydrogens (tertiary/aromatic N) is 2. The van der Waals surface area contributed by atoms with Crippen molar-refractivity contribution in [2.45, 2.75) is 46.6 Å². The van der Waals surface area contributed by atoms with Gasteiger partial charge in [0, 0.05) is 11.1 Å². The first kappa shape index (κ1) is 26.3. The van der Waals surface area contributed by atoms with Crippen molar-refractivity contribution in [1.82, 2.24) is 0 Å². The highest BCUT2D eigenvalue weighted by molar-refractivity contribution is 6.19. The minimum Gasteiger partial charge on any atom is -0.465 e. The smallest absolute Gasteiger partial charge is 0.337 e. The van der Waals surface area contributed by atoms with E-state index in [1.54, 1.807) is 12.1 Å². The highest BCUT2D eigenvalue weighted by Crippen LogP contribution is 2.31. The molecule has 0 fully saturated rings. The van der Waals surface area contributed by atoms with Crippen LogP contribution in [-0.4, -0.2) is 31.2 Å². The molecule has 0 radical (unpaired) electrons. The molecular formula is C32H36N2O3. The summed E-state index contributed by atoms with van der Waals surface area (Å²) >= 11 is 0. The van der Waals surface area contributed by atoms with E-state index in [0.717, 1.165) is 34.5 Å². The maximum Gasteiger partial charge on any atom is 0.337 e. The van der Waals surface area contributed by atoms with Gasteiger partial charge in [-0.15, -0.1) is 0 Å². The van der Waals surface area contributed by atoms with Crippen LogP contribution >= 0.6 is 0 Å². The highest BCUT2D eigenvalue weighted by atomic mass is 16.5. The van der Waals surface area contributed by atoms with Crippen LogP contribution in [0.4, 0.5) is 5.69 Å². The first-order valence-electron chi connectivity index (χ1n) is 13.1. The van der Waals surface area contributed by atoms with E-state index in [-0.39, 0.29) is 18.4 Å². The quantitative estimate of drug-likeness (QED) is 0.319. The van der Waals surface area contributed by atoms with Gasteiger partial charge >= 0.3 is 5.97 Å². The van der Waals surface area contributed by atoms with Gasteiger partial charge in [0.2, 0.25) is 5.91 Å². The summed E-state index contributed by atoms with van der Waals surface area (Å²) in [5.74, 6) is 0.841. The number of rotatable bonds is 9. The van der Waals surface area contributed by atoms with Crippen LogP contribution in [0.25, 0.3) is 0 Å². The summed E-state index contributed by atoms with van der Waals surface area (Å²) in [6.45, 7) is 7.39. The van der Waals surface area contributed by atoms with Crippen molar-refractivity contribution in [3.05, 3.63) is 101 Å². The first-order chi connectivity index (χ1) is 17.9. The largest absolute Gasteiger partial charge is 0.465 e. The lowest BCUT2D eigenvalue weighted by molar-refractivity contribution is -0.117. The van der Waals surface area contributed by atoms with Gasteiger partial charge in [-0.1, -0.05) is 88.2 Å². The lowest BCUT2D eigenvalue weighted by Gasteiger charge is -2.25. The van der Waals surface area contributed by atoms with Crippen molar-refractivity contribution in [1.29, 1.82) is 0 Å². The van der Waals surface area contributed by atoms with E-state index in [9.17, 15) is 9.59 Å². The van der Waals surface area contributed by atoms with E-state index in [1.807, 2.05) is 47.4 Å². The van der Waals surface area contributed by atoms with Gasteiger partial charge in [0.15, 0.2) is 0 Å². The van der Waals surface area contributed by atoms with Crippen molar-refractivity contribution in [3.63, 3.8) is 0 Å². The van der Waals surface area contributed by atoms with Crippen molar-refractivity contribution in [2.75, 3.05) is 18.6 Å². The molecule has 0 saturated heterocycles. The number of amides is 1. The average Bonchev–Trinajstić information content (AvgIpc) is 3.04. The second-order valence-electron chi connectivity index (χ2n) is 10.3. The zero-order chi connectivity index (χ0) is 26.4. The summed E-state index contributed by atoms with van der Waals surface area (Å²) < 4.78 is 4.84. The second kappa shape index (κ2) is 12.0. The third-order valence-electron chi connectivity index (χ3n) is 6.87. The molecule has 0 spiro atoms. The van der Waals surface area contributed by atoms with Crippen LogP contribution in [0.15, 0.2) is 77.8 Å². The lowest BCUT2D eigenvalue weighted by Crippen LogP contribution is -2.32. The Kier molecular flexibility index (Phi) is 8.54. The molecule has 1 amide bonds. The number of carbonyl (C=O) groups is 2. The molecule has 5 heteroatoms. The Bertz CT molecular complexity index is 1260. The summed E-state index contributed by atoms with van der Waals surface area (Å²) in [6.07, 6.45) is 3.36. The second-order valence-corrected chi connectivity index (χ2v) is 10.3. The zero-order valence-corrected chi connectivity index (χ0v) is 22.2. The van der Waals surface area contributed by atoms with E-state index >= 15 is 0 Å². The number of hydrogen-bond donors (Lipinski definition) is 0. The van der Waals surface area contributed by atoms with Crippen LogP contribution < -0.4 is 4.90 Å². The molecule has 5 nitrogen and oxygen atoms in total. The highest BCUT2D eigenvalue weighted by Gasteiger charge is 2.26. The number of anilines is 1. The maximum absolute atomic E-state index is 13.4. The molecule has 0 N–H and O–H groups in total. The topological polar surface area (TPSA) is 59.0 Å². The maximum atomic E-state index is 13.4. The lowest BCUT2D eigenvalue weighted by atomic mass is 9.91. The van der Waals surface area contributed by atoms with Crippen LogP contribution in [-0.2, 0) is 22.5 Å². The monoisotopic (exact) mass is 496 g/mol. The third kappa shape index (κ3) is 6.53. The summed E-state index contributed by atoms with van der Waals surface area (Å²) in [6, 6.07) is 23.7. The van der Waals surface area contributed by atoms with Crippen molar-refractivity contribution < 1.29 is 14.3 Å². The number of hydrogen-bond acceptors (Lipinski definition) is 4. The molecule has 4 rings (SSSR count). The molecule has 1 aliphatic heterocycles. The summed E-state index contributed by atoms with van der Waals surface area (Å²) in [4.78, 5) is 31.9. The Labute approximate surface area is 220 Å². The van der Waals surface area contributed by atoms with Gasteiger partial charge < -0.3 is 9.64 Å². The zero-order valence-electron chi connectivity index (χ0n) is 22.2. The number of fused-ring (bicyclic) bond motifs is 1. The molecule has 3 aromatic rings. The molecular weight excluding hydrogens is 460 g/mol. The number of aliphatic imine (C=N–C) groups is 1. The number of methoxy groups -OCH3 is 1. The molecule has 0 saturated carbocycles. The summed E-state index contributed by atoms with van der Waals surface area (Å²) in [5.41, 5.74) is 6.21. The molecule has 1 aliphatic rings. The Morgan fingerprint density at radius 3 is 2.35 bits per heavy atom. The molecule has 1 unspecified atom stereocenters. The van der Waals surface area contributed by atoms with Crippen LogP contribution in [0, 0.1) is 11.8 Å². The van der Waals surface area contributed by atoms with E-state index in [2.05, 4.69) is 39.0 Å². The molecule has 1 atom stereocenters. The molecule has 37 heavy (non-hydrogen) atoms. The predicted molar refractivity (Wildman–Crippen MR) is 149 cm³/mol. The first-order valence-corrected chi connectivity index (χ1v) is 13.1. The Balaban J connectivity index is 1.72. The Morgan fingerprint density at radius 1 is 0.946 bits per heavy atom. The predicted octanol–water partition coefficient (Wildman–Crippen LogP) is 6.47. The van der Waals surface area contributed by atoms with Crippen molar-refractivity contribution in [3.8, 4) is 0 Å². The molecule has 1 heterocycles. The van der Waals surface area contributed by atoms with Gasteiger partial charge in [0.05, 0.1) is 30.6 Å². The van der Waals surface area contributed by atoms with Gasteiger partial charge in [0.1, 0.15) is 6.54 Å². The van der Waals surface area contributed by atoms with E-state index in [1.165, 1.54) is 25.5 Å². The minimum atomic E-state index is -0.379. The Morgan fingerprint density at radius 2 is 1.68 bits per heavy atom. The molecule has 0 aromatic heterocycles. The van der Waals surface area contributed by atoms with Gasteiger partial charge in [-0.3, -0.25) is 9.79 Å². The van der Waals surface area contributed by atoms with Gasteiger partial charge in [-0.05, 0) is 47.6 Å². The number of ether oxygens (including phenoxy) is 1. The fourth-order valence-electron chi connectivity index (χ4n) is 4.77. The van der Waals surface area contributed by atoms with Crippen molar-refractivity contribution >= 4 is 23.3 Å². The number of esters is 1. The van der Waals surface area contributed by atoms with Gasteiger partial charge in [-0.2, -0.15) is 0 Å². The molecule has 192 valence electrons. The van der Waals surface area contributed by atoms with Crippen molar-refractivity contribution in [2.24, 2.45) is 16.8 Å². The van der Waals surface area contributed by atoms with Crippen LogP contribution in [0.3, 0.4) is 0 Å². The number of benzodiazepines with no additional fused rings is 1. The summed E-state index contributed by atoms with van der Waals surface area (Å²) in [5, 5.41) is 0. The number of carbonyl (C=O) groups excluding carboxylic acids is 2. The fraction of sp³-hybridized carbons (Fsp3) is 0.344.